The average molecular weight is 443 g/mol. The summed E-state index contributed by atoms with van der Waals surface area (Å²) in [5.41, 5.74) is 5.53. The van der Waals surface area contributed by atoms with Crippen LogP contribution in [0.5, 0.6) is 5.75 Å². The lowest BCUT2D eigenvalue weighted by molar-refractivity contribution is 0.248. The monoisotopic (exact) mass is 442 g/mol. The Morgan fingerprint density at radius 3 is 2.24 bits per heavy atom. The van der Waals surface area contributed by atoms with Crippen LogP contribution in [0, 0.1) is 6.92 Å². The van der Waals surface area contributed by atoms with Gasteiger partial charge in [0.15, 0.2) is 5.75 Å². The Labute approximate surface area is 197 Å². The molecule has 0 aliphatic carbocycles. The molecule has 0 aromatic heterocycles. The van der Waals surface area contributed by atoms with Crippen molar-refractivity contribution in [3.63, 3.8) is 0 Å². The summed E-state index contributed by atoms with van der Waals surface area (Å²) in [6.07, 6.45) is 0. The second-order valence-electron chi connectivity index (χ2n) is 9.22. The van der Waals surface area contributed by atoms with Crippen LogP contribution < -0.4 is 15.1 Å². The Balaban J connectivity index is 1.48. The van der Waals surface area contributed by atoms with Crippen molar-refractivity contribution in [3.8, 4) is 5.75 Å². The standard InChI is InChI=1S/C29H34N2O2/c1-22(2)25-11-12-26(29(32)28(19-25)33-21-24-7-5-4-6-8-24)20-30-15-17-31(18-16-30)27-13-9-23(3)10-14-27/h4-14,19,22H,15-18,20-21H2,1-3H3. The minimum absolute atomic E-state index is 0.00112. The van der Waals surface area contributed by atoms with E-state index in [1.807, 2.05) is 42.5 Å². The number of piperazine rings is 1. The Hall–Kier alpha value is -3.11. The number of rotatable bonds is 7. The molecule has 0 radical (unpaired) electrons. The zero-order chi connectivity index (χ0) is 23.2. The first-order valence-corrected chi connectivity index (χ1v) is 11.9. The van der Waals surface area contributed by atoms with Crippen molar-refractivity contribution < 1.29 is 4.74 Å². The van der Waals surface area contributed by atoms with Crippen molar-refractivity contribution in [2.45, 2.75) is 39.8 Å². The summed E-state index contributed by atoms with van der Waals surface area (Å²) in [7, 11) is 0. The van der Waals surface area contributed by atoms with Gasteiger partial charge in [-0.2, -0.15) is 0 Å². The van der Waals surface area contributed by atoms with Gasteiger partial charge in [-0.05, 0) is 42.2 Å². The molecule has 4 heteroatoms. The molecule has 0 amide bonds. The normalized spacial score (nSPS) is 14.5. The van der Waals surface area contributed by atoms with E-state index in [1.165, 1.54) is 11.3 Å². The predicted molar refractivity (Wildman–Crippen MR) is 136 cm³/mol. The first-order chi connectivity index (χ1) is 16.0. The van der Waals surface area contributed by atoms with Gasteiger partial charge in [0, 0.05) is 44.0 Å². The van der Waals surface area contributed by atoms with Gasteiger partial charge in [0.1, 0.15) is 6.61 Å². The van der Waals surface area contributed by atoms with E-state index in [2.05, 4.69) is 60.9 Å². The van der Waals surface area contributed by atoms with Gasteiger partial charge >= 0.3 is 0 Å². The quantitative estimate of drug-likeness (QED) is 0.492. The summed E-state index contributed by atoms with van der Waals surface area (Å²) >= 11 is 0. The number of hydrogen-bond acceptors (Lipinski definition) is 4. The van der Waals surface area contributed by atoms with Gasteiger partial charge in [-0.15, -0.1) is 0 Å². The van der Waals surface area contributed by atoms with Crippen molar-refractivity contribution in [1.82, 2.24) is 4.90 Å². The molecule has 3 aromatic carbocycles. The van der Waals surface area contributed by atoms with Crippen molar-refractivity contribution in [1.29, 1.82) is 0 Å². The molecule has 0 N–H and O–H groups in total. The van der Waals surface area contributed by atoms with E-state index < -0.39 is 0 Å². The fourth-order valence-electron chi connectivity index (χ4n) is 4.18. The molecule has 1 saturated heterocycles. The van der Waals surface area contributed by atoms with Crippen molar-refractivity contribution in [2.24, 2.45) is 0 Å². The molecule has 3 aromatic rings. The summed E-state index contributed by atoms with van der Waals surface area (Å²) < 4.78 is 6.05. The summed E-state index contributed by atoms with van der Waals surface area (Å²) in [5, 5.41) is 0. The third-order valence-corrected chi connectivity index (χ3v) is 6.36. The zero-order valence-corrected chi connectivity index (χ0v) is 20.0. The van der Waals surface area contributed by atoms with Crippen molar-refractivity contribution in [2.75, 3.05) is 31.1 Å². The van der Waals surface area contributed by atoms with Crippen LogP contribution in [0.25, 0.3) is 0 Å². The molecule has 0 atom stereocenters. The lowest BCUT2D eigenvalue weighted by Crippen LogP contribution is -2.46. The molecule has 1 aliphatic heterocycles. The van der Waals surface area contributed by atoms with E-state index in [4.69, 9.17) is 4.74 Å². The van der Waals surface area contributed by atoms with E-state index in [9.17, 15) is 4.79 Å². The molecule has 33 heavy (non-hydrogen) atoms. The minimum Gasteiger partial charge on any atom is -0.485 e. The highest BCUT2D eigenvalue weighted by molar-refractivity contribution is 5.48. The molecular weight excluding hydrogens is 408 g/mol. The maximum atomic E-state index is 13.4. The van der Waals surface area contributed by atoms with E-state index in [0.29, 0.717) is 24.8 Å². The molecule has 0 saturated carbocycles. The molecule has 0 unspecified atom stereocenters. The zero-order valence-electron chi connectivity index (χ0n) is 20.0. The number of nitrogens with zero attached hydrogens (tertiary/aromatic N) is 2. The molecular formula is C29H34N2O2. The van der Waals surface area contributed by atoms with Crippen molar-refractivity contribution >= 4 is 5.69 Å². The lowest BCUT2D eigenvalue weighted by atomic mass is 10.1. The molecule has 0 spiro atoms. The Bertz CT molecular complexity index is 1100. The highest BCUT2D eigenvalue weighted by Gasteiger charge is 2.19. The van der Waals surface area contributed by atoms with Gasteiger partial charge < -0.3 is 9.64 Å². The summed E-state index contributed by atoms with van der Waals surface area (Å²) in [6, 6.07) is 24.7. The molecule has 1 heterocycles. The summed E-state index contributed by atoms with van der Waals surface area (Å²) in [5.74, 6) is 0.766. The van der Waals surface area contributed by atoms with Gasteiger partial charge in [-0.25, -0.2) is 0 Å². The van der Waals surface area contributed by atoms with Crippen LogP contribution in [0.3, 0.4) is 0 Å². The largest absolute Gasteiger partial charge is 0.485 e. The predicted octanol–water partition coefficient (Wildman–Crippen LogP) is 5.38. The third kappa shape index (κ3) is 6.02. The third-order valence-electron chi connectivity index (χ3n) is 6.36. The fourth-order valence-corrected chi connectivity index (χ4v) is 4.18. The van der Waals surface area contributed by atoms with Crippen LogP contribution in [-0.2, 0) is 13.2 Å². The Morgan fingerprint density at radius 2 is 1.58 bits per heavy atom. The molecule has 172 valence electrons. The van der Waals surface area contributed by atoms with E-state index in [-0.39, 0.29) is 5.43 Å². The lowest BCUT2D eigenvalue weighted by Gasteiger charge is -2.36. The van der Waals surface area contributed by atoms with Gasteiger partial charge in [0.05, 0.1) is 0 Å². The highest BCUT2D eigenvalue weighted by atomic mass is 16.5. The Morgan fingerprint density at radius 1 is 0.879 bits per heavy atom. The van der Waals surface area contributed by atoms with Crippen LogP contribution >= 0.6 is 0 Å². The number of benzene rings is 2. The smallest absolute Gasteiger partial charge is 0.224 e. The van der Waals surface area contributed by atoms with Gasteiger partial charge in [-0.1, -0.05) is 74.0 Å². The number of aryl methyl sites for hydroxylation is 1. The van der Waals surface area contributed by atoms with Crippen LogP contribution in [0.15, 0.2) is 77.6 Å². The van der Waals surface area contributed by atoms with Crippen molar-refractivity contribution in [3.05, 3.63) is 105 Å². The van der Waals surface area contributed by atoms with Crippen LogP contribution in [-0.4, -0.2) is 31.1 Å². The number of ether oxygens (including phenoxy) is 1. The SMILES string of the molecule is Cc1ccc(N2CCN(Cc3ccc(C(C)C)cc(OCc4ccccc4)c3=O)CC2)cc1. The first kappa shape index (κ1) is 23.1. The first-order valence-electron chi connectivity index (χ1n) is 11.9. The second-order valence-corrected chi connectivity index (χ2v) is 9.22. The second kappa shape index (κ2) is 10.7. The molecule has 4 rings (SSSR count). The summed E-state index contributed by atoms with van der Waals surface area (Å²) in [4.78, 5) is 18.2. The van der Waals surface area contributed by atoms with E-state index in [0.717, 1.165) is 42.9 Å². The Kier molecular flexibility index (Phi) is 7.46. The maximum Gasteiger partial charge on any atom is 0.224 e. The molecule has 1 fully saturated rings. The fraction of sp³-hybridized carbons (Fsp3) is 0.345. The van der Waals surface area contributed by atoms with Gasteiger partial charge in [0.25, 0.3) is 0 Å². The molecule has 1 aliphatic rings. The maximum absolute atomic E-state index is 13.4. The minimum atomic E-state index is -0.00112. The van der Waals surface area contributed by atoms with E-state index >= 15 is 0 Å². The number of hydrogen-bond donors (Lipinski definition) is 0. The van der Waals surface area contributed by atoms with E-state index in [1.54, 1.807) is 0 Å². The topological polar surface area (TPSA) is 32.8 Å². The van der Waals surface area contributed by atoms with Crippen LogP contribution in [0.1, 0.15) is 42.0 Å². The molecule has 4 nitrogen and oxygen atoms in total. The van der Waals surface area contributed by atoms with Gasteiger partial charge in [-0.3, -0.25) is 9.69 Å². The van der Waals surface area contributed by atoms with Crippen LogP contribution in [0.4, 0.5) is 5.69 Å². The molecule has 0 bridgehead atoms. The number of anilines is 1. The highest BCUT2D eigenvalue weighted by Crippen LogP contribution is 2.21. The summed E-state index contributed by atoms with van der Waals surface area (Å²) in [6.45, 7) is 11.2. The van der Waals surface area contributed by atoms with Crippen LogP contribution in [0.2, 0.25) is 0 Å². The van der Waals surface area contributed by atoms with Gasteiger partial charge in [0.2, 0.25) is 5.43 Å². The average Bonchev–Trinajstić information content (AvgIpc) is 2.99.